The molecule has 1 amide bonds. The first-order valence-electron chi connectivity index (χ1n) is 6.18. The van der Waals surface area contributed by atoms with Crippen LogP contribution >= 0.6 is 23.2 Å². The summed E-state index contributed by atoms with van der Waals surface area (Å²) in [4.78, 5) is 20.3. The standard InChI is InChI=1S/C14H12Cl2FN3O/c1-7(2)13-18-6-9(16)12(19-13)14(21)20-11-8(15)4-3-5-10(11)17/h3-7H,1-2H3,(H,20,21). The third-order valence-corrected chi connectivity index (χ3v) is 3.29. The molecule has 0 radical (unpaired) electrons. The molecule has 1 aromatic heterocycles. The van der Waals surface area contributed by atoms with E-state index in [1.165, 1.54) is 24.4 Å². The van der Waals surface area contributed by atoms with E-state index in [2.05, 4.69) is 15.3 Å². The van der Waals surface area contributed by atoms with Crippen LogP contribution in [0, 0.1) is 5.82 Å². The van der Waals surface area contributed by atoms with Crippen molar-refractivity contribution < 1.29 is 9.18 Å². The average molecular weight is 328 g/mol. The molecule has 1 N–H and O–H groups in total. The van der Waals surface area contributed by atoms with Crippen molar-refractivity contribution in [3.8, 4) is 0 Å². The van der Waals surface area contributed by atoms with Gasteiger partial charge in [-0.1, -0.05) is 43.1 Å². The zero-order chi connectivity index (χ0) is 15.6. The van der Waals surface area contributed by atoms with Gasteiger partial charge in [-0.2, -0.15) is 0 Å². The SMILES string of the molecule is CC(C)c1ncc(Cl)c(C(=O)Nc2c(F)cccc2Cl)n1. The van der Waals surface area contributed by atoms with E-state index < -0.39 is 11.7 Å². The molecule has 0 aliphatic rings. The molecular formula is C14H12Cl2FN3O. The number of hydrogen-bond acceptors (Lipinski definition) is 3. The van der Waals surface area contributed by atoms with Gasteiger partial charge in [0.25, 0.3) is 5.91 Å². The number of halogens is 3. The lowest BCUT2D eigenvalue weighted by Crippen LogP contribution is -2.17. The first-order chi connectivity index (χ1) is 9.90. The molecule has 0 saturated carbocycles. The average Bonchev–Trinajstić information content (AvgIpc) is 2.43. The largest absolute Gasteiger partial charge is 0.317 e. The Bertz CT molecular complexity index is 672. The molecule has 1 aromatic carbocycles. The van der Waals surface area contributed by atoms with Crippen LogP contribution in [0.15, 0.2) is 24.4 Å². The van der Waals surface area contributed by atoms with Gasteiger partial charge in [0, 0.05) is 5.92 Å². The number of rotatable bonds is 3. The van der Waals surface area contributed by atoms with Gasteiger partial charge in [0.1, 0.15) is 11.6 Å². The molecule has 0 saturated heterocycles. The Morgan fingerprint density at radius 2 is 2.00 bits per heavy atom. The van der Waals surface area contributed by atoms with Gasteiger partial charge in [-0.15, -0.1) is 0 Å². The minimum atomic E-state index is -0.642. The molecule has 0 atom stereocenters. The van der Waals surface area contributed by atoms with Crippen molar-refractivity contribution in [3.63, 3.8) is 0 Å². The van der Waals surface area contributed by atoms with E-state index in [9.17, 15) is 9.18 Å². The molecule has 21 heavy (non-hydrogen) atoms. The number of para-hydroxylation sites is 1. The number of nitrogens with zero attached hydrogens (tertiary/aromatic N) is 2. The van der Waals surface area contributed by atoms with Crippen LogP contribution in [-0.2, 0) is 0 Å². The zero-order valence-corrected chi connectivity index (χ0v) is 12.8. The van der Waals surface area contributed by atoms with Crippen LogP contribution in [0.4, 0.5) is 10.1 Å². The third-order valence-electron chi connectivity index (χ3n) is 2.70. The number of benzene rings is 1. The smallest absolute Gasteiger partial charge is 0.276 e. The summed E-state index contributed by atoms with van der Waals surface area (Å²) >= 11 is 11.8. The fourth-order valence-electron chi connectivity index (χ4n) is 1.61. The third kappa shape index (κ3) is 3.49. The maximum Gasteiger partial charge on any atom is 0.276 e. The van der Waals surface area contributed by atoms with Crippen LogP contribution in [0.1, 0.15) is 36.1 Å². The van der Waals surface area contributed by atoms with Crippen molar-refractivity contribution in [1.29, 1.82) is 0 Å². The van der Waals surface area contributed by atoms with E-state index in [0.29, 0.717) is 5.82 Å². The highest BCUT2D eigenvalue weighted by Gasteiger charge is 2.18. The van der Waals surface area contributed by atoms with Gasteiger partial charge in [-0.05, 0) is 12.1 Å². The summed E-state index contributed by atoms with van der Waals surface area (Å²) in [6, 6.07) is 4.12. The number of aromatic nitrogens is 2. The van der Waals surface area contributed by atoms with E-state index >= 15 is 0 Å². The number of hydrogen-bond donors (Lipinski definition) is 1. The molecule has 110 valence electrons. The first-order valence-corrected chi connectivity index (χ1v) is 6.93. The predicted molar refractivity (Wildman–Crippen MR) is 80.5 cm³/mol. The van der Waals surface area contributed by atoms with E-state index in [-0.39, 0.29) is 27.3 Å². The Kier molecular flexibility index (Phi) is 4.75. The molecule has 0 aliphatic carbocycles. The second-order valence-electron chi connectivity index (χ2n) is 4.63. The molecule has 0 fully saturated rings. The number of anilines is 1. The predicted octanol–water partition coefficient (Wildman–Crippen LogP) is 4.30. The molecule has 0 bridgehead atoms. The number of nitrogens with one attached hydrogen (secondary N) is 1. The summed E-state index contributed by atoms with van der Waals surface area (Å²) in [5.41, 5.74) is -0.125. The van der Waals surface area contributed by atoms with Gasteiger partial charge < -0.3 is 5.32 Å². The zero-order valence-electron chi connectivity index (χ0n) is 11.3. The van der Waals surface area contributed by atoms with Gasteiger partial charge in [-0.3, -0.25) is 4.79 Å². The van der Waals surface area contributed by atoms with Gasteiger partial charge in [0.05, 0.1) is 21.9 Å². The van der Waals surface area contributed by atoms with Crippen LogP contribution in [0.25, 0.3) is 0 Å². The van der Waals surface area contributed by atoms with Crippen molar-refractivity contribution in [2.75, 3.05) is 5.32 Å². The van der Waals surface area contributed by atoms with Gasteiger partial charge in [-0.25, -0.2) is 14.4 Å². The quantitative estimate of drug-likeness (QED) is 0.914. The molecule has 0 aliphatic heterocycles. The van der Waals surface area contributed by atoms with Crippen molar-refractivity contribution in [1.82, 2.24) is 9.97 Å². The number of amides is 1. The Hall–Kier alpha value is -1.72. The van der Waals surface area contributed by atoms with Crippen LogP contribution in [0.5, 0.6) is 0 Å². The van der Waals surface area contributed by atoms with Gasteiger partial charge in [0.2, 0.25) is 0 Å². The maximum absolute atomic E-state index is 13.7. The topological polar surface area (TPSA) is 54.9 Å². The van der Waals surface area contributed by atoms with Gasteiger partial charge in [0.15, 0.2) is 5.69 Å². The second-order valence-corrected chi connectivity index (χ2v) is 5.44. The summed E-state index contributed by atoms with van der Waals surface area (Å²) in [7, 11) is 0. The van der Waals surface area contributed by atoms with E-state index in [4.69, 9.17) is 23.2 Å². The monoisotopic (exact) mass is 327 g/mol. The highest BCUT2D eigenvalue weighted by molar-refractivity contribution is 6.35. The van der Waals surface area contributed by atoms with Crippen LogP contribution in [-0.4, -0.2) is 15.9 Å². The molecule has 1 heterocycles. The summed E-state index contributed by atoms with van der Waals surface area (Å²) < 4.78 is 13.7. The minimum absolute atomic E-state index is 0.0188. The molecule has 2 rings (SSSR count). The summed E-state index contributed by atoms with van der Waals surface area (Å²) in [5, 5.41) is 2.56. The molecule has 2 aromatic rings. The fraction of sp³-hybridized carbons (Fsp3) is 0.214. The lowest BCUT2D eigenvalue weighted by molar-refractivity contribution is 0.102. The molecule has 4 nitrogen and oxygen atoms in total. The fourth-order valence-corrected chi connectivity index (χ4v) is 2.00. The summed E-state index contributed by atoms with van der Waals surface area (Å²) in [5.74, 6) is -0.767. The molecule has 0 spiro atoms. The summed E-state index contributed by atoms with van der Waals surface area (Å²) in [6.07, 6.45) is 1.35. The van der Waals surface area contributed by atoms with E-state index in [0.717, 1.165) is 0 Å². The van der Waals surface area contributed by atoms with Crippen LogP contribution in [0.3, 0.4) is 0 Å². The highest BCUT2D eigenvalue weighted by Crippen LogP contribution is 2.26. The first kappa shape index (κ1) is 15.7. The lowest BCUT2D eigenvalue weighted by atomic mass is 10.2. The number of carbonyl (C=O) groups is 1. The Morgan fingerprint density at radius 1 is 1.29 bits per heavy atom. The molecular weight excluding hydrogens is 316 g/mol. The van der Waals surface area contributed by atoms with E-state index in [1.807, 2.05) is 13.8 Å². The van der Waals surface area contributed by atoms with Crippen molar-refractivity contribution >= 4 is 34.8 Å². The van der Waals surface area contributed by atoms with Gasteiger partial charge >= 0.3 is 0 Å². The normalized spacial score (nSPS) is 10.8. The highest BCUT2D eigenvalue weighted by atomic mass is 35.5. The van der Waals surface area contributed by atoms with Crippen molar-refractivity contribution in [2.24, 2.45) is 0 Å². The Labute approximate surface area is 131 Å². The molecule has 0 unspecified atom stereocenters. The molecule has 7 heteroatoms. The van der Waals surface area contributed by atoms with Crippen molar-refractivity contribution in [2.45, 2.75) is 19.8 Å². The van der Waals surface area contributed by atoms with Crippen LogP contribution in [0.2, 0.25) is 10.0 Å². The Balaban J connectivity index is 2.35. The summed E-state index contributed by atoms with van der Waals surface area (Å²) in [6.45, 7) is 3.78. The lowest BCUT2D eigenvalue weighted by Gasteiger charge is -2.10. The number of carbonyl (C=O) groups excluding carboxylic acids is 1. The second kappa shape index (κ2) is 6.37. The van der Waals surface area contributed by atoms with Crippen molar-refractivity contribution in [3.05, 3.63) is 51.8 Å². The van der Waals surface area contributed by atoms with Crippen LogP contribution < -0.4 is 5.32 Å². The maximum atomic E-state index is 13.7. The van der Waals surface area contributed by atoms with E-state index in [1.54, 1.807) is 0 Å². The Morgan fingerprint density at radius 3 is 2.62 bits per heavy atom. The minimum Gasteiger partial charge on any atom is -0.317 e.